The Labute approximate surface area is 111 Å². The molecule has 3 N–H and O–H groups in total. The van der Waals surface area contributed by atoms with E-state index in [0.717, 1.165) is 25.7 Å². The van der Waals surface area contributed by atoms with Crippen molar-refractivity contribution in [3.05, 3.63) is 0 Å². The molecule has 2 amide bonds. The van der Waals surface area contributed by atoms with Crippen LogP contribution in [0.25, 0.3) is 0 Å². The van der Waals surface area contributed by atoms with Gasteiger partial charge in [-0.2, -0.15) is 0 Å². The second kappa shape index (κ2) is 6.40. The van der Waals surface area contributed by atoms with E-state index in [1.54, 1.807) is 0 Å². The molecule has 0 spiro atoms. The van der Waals surface area contributed by atoms with Crippen LogP contribution in [-0.4, -0.2) is 41.8 Å². The van der Waals surface area contributed by atoms with Crippen LogP contribution < -0.4 is 10.6 Å². The average Bonchev–Trinajstić information content (AvgIpc) is 2.32. The Kier molecular flexibility index (Phi) is 5.14. The molecule has 108 valence electrons. The van der Waals surface area contributed by atoms with Gasteiger partial charge in [0.15, 0.2) is 0 Å². The van der Waals surface area contributed by atoms with E-state index < -0.39 is 30.4 Å². The minimum Gasteiger partial charge on any atom is -0.480 e. The topological polar surface area (TPSA) is 105 Å². The predicted octanol–water partition coefficient (Wildman–Crippen LogP) is 0.635. The van der Waals surface area contributed by atoms with Crippen LogP contribution in [0.15, 0.2) is 0 Å². The zero-order valence-electron chi connectivity index (χ0n) is 11.2. The van der Waals surface area contributed by atoms with Gasteiger partial charge in [0.05, 0.1) is 13.5 Å². The summed E-state index contributed by atoms with van der Waals surface area (Å²) in [7, 11) is 1.17. The molecule has 0 aromatic heterocycles. The first-order chi connectivity index (χ1) is 8.92. The van der Waals surface area contributed by atoms with Gasteiger partial charge in [-0.05, 0) is 25.7 Å². The summed E-state index contributed by atoms with van der Waals surface area (Å²) in [5.41, 5.74) is -0.224. The Morgan fingerprint density at radius 2 is 2.00 bits per heavy atom. The number of amides is 2. The Balaban J connectivity index is 2.51. The number of urea groups is 1. The number of ether oxygens (including phenoxy) is 1. The zero-order valence-corrected chi connectivity index (χ0v) is 11.2. The van der Waals surface area contributed by atoms with Crippen LogP contribution in [-0.2, 0) is 14.3 Å². The maximum atomic E-state index is 11.8. The molecule has 0 aromatic rings. The second-order valence-electron chi connectivity index (χ2n) is 4.76. The summed E-state index contributed by atoms with van der Waals surface area (Å²) in [4.78, 5) is 33.8. The standard InChI is InChI=1S/C12H20N2O5/c1-3-12(5-4-6-12)14-11(18)13-8(10(16)17)7-9(15)19-2/h8H,3-7H2,1-2H3,(H,16,17)(H2,13,14,18)/t8-/m0/s1. The number of methoxy groups -OCH3 is 1. The molecule has 7 nitrogen and oxygen atoms in total. The lowest BCUT2D eigenvalue weighted by atomic mass is 9.75. The summed E-state index contributed by atoms with van der Waals surface area (Å²) in [6, 6.07) is -1.83. The summed E-state index contributed by atoms with van der Waals surface area (Å²) in [6.07, 6.45) is 3.25. The lowest BCUT2D eigenvalue weighted by Gasteiger charge is -2.42. The van der Waals surface area contributed by atoms with E-state index in [9.17, 15) is 14.4 Å². The maximum absolute atomic E-state index is 11.8. The number of rotatable bonds is 6. The molecule has 1 atom stereocenters. The molecular weight excluding hydrogens is 252 g/mol. The first-order valence-electron chi connectivity index (χ1n) is 6.31. The van der Waals surface area contributed by atoms with Gasteiger partial charge in [-0.15, -0.1) is 0 Å². The normalized spacial score (nSPS) is 17.8. The van der Waals surface area contributed by atoms with Crippen LogP contribution >= 0.6 is 0 Å². The number of carbonyl (C=O) groups is 3. The van der Waals surface area contributed by atoms with Crippen LogP contribution in [0.1, 0.15) is 39.0 Å². The minimum atomic E-state index is -1.28. The second-order valence-corrected chi connectivity index (χ2v) is 4.76. The van der Waals surface area contributed by atoms with Crippen molar-refractivity contribution in [1.29, 1.82) is 0 Å². The van der Waals surface area contributed by atoms with Gasteiger partial charge >= 0.3 is 18.0 Å². The van der Waals surface area contributed by atoms with Gasteiger partial charge in [-0.25, -0.2) is 9.59 Å². The lowest BCUT2D eigenvalue weighted by molar-refractivity contribution is -0.147. The molecule has 1 aliphatic carbocycles. The monoisotopic (exact) mass is 272 g/mol. The van der Waals surface area contributed by atoms with Crippen molar-refractivity contribution in [3.63, 3.8) is 0 Å². The molecule has 0 bridgehead atoms. The fourth-order valence-corrected chi connectivity index (χ4v) is 2.06. The molecule has 19 heavy (non-hydrogen) atoms. The largest absolute Gasteiger partial charge is 0.480 e. The van der Waals surface area contributed by atoms with E-state index in [1.807, 2.05) is 6.92 Å². The molecule has 1 aliphatic rings. The fraction of sp³-hybridized carbons (Fsp3) is 0.750. The first kappa shape index (κ1) is 15.3. The van der Waals surface area contributed by atoms with Gasteiger partial charge in [-0.3, -0.25) is 4.79 Å². The SMILES string of the molecule is CCC1(NC(=O)N[C@@H](CC(=O)OC)C(=O)O)CCC1. The molecule has 0 unspecified atom stereocenters. The molecule has 7 heteroatoms. The van der Waals surface area contributed by atoms with Gasteiger partial charge in [0.2, 0.25) is 0 Å². The predicted molar refractivity (Wildman–Crippen MR) is 66.6 cm³/mol. The molecule has 0 radical (unpaired) electrons. The van der Waals surface area contributed by atoms with Crippen LogP contribution in [0.2, 0.25) is 0 Å². The molecule has 1 fully saturated rings. The number of esters is 1. The van der Waals surface area contributed by atoms with Crippen molar-refractivity contribution in [2.75, 3.05) is 7.11 Å². The quantitative estimate of drug-likeness (QED) is 0.615. The number of nitrogens with one attached hydrogen (secondary N) is 2. The Hall–Kier alpha value is -1.79. The summed E-state index contributed by atoms with van der Waals surface area (Å²) in [6.45, 7) is 1.97. The van der Waals surface area contributed by atoms with Crippen molar-refractivity contribution < 1.29 is 24.2 Å². The van der Waals surface area contributed by atoms with Crippen LogP contribution in [0.5, 0.6) is 0 Å². The number of hydrogen-bond acceptors (Lipinski definition) is 4. The van der Waals surface area contributed by atoms with E-state index in [0.29, 0.717) is 0 Å². The number of hydrogen-bond donors (Lipinski definition) is 3. The van der Waals surface area contributed by atoms with Crippen molar-refractivity contribution in [2.24, 2.45) is 0 Å². The molecular formula is C12H20N2O5. The van der Waals surface area contributed by atoms with Crippen molar-refractivity contribution in [1.82, 2.24) is 10.6 Å². The Morgan fingerprint density at radius 3 is 2.37 bits per heavy atom. The smallest absolute Gasteiger partial charge is 0.326 e. The number of aliphatic carboxylic acids is 1. The van der Waals surface area contributed by atoms with Crippen LogP contribution in [0.3, 0.4) is 0 Å². The summed E-state index contributed by atoms with van der Waals surface area (Å²) in [5.74, 6) is -1.94. The van der Waals surface area contributed by atoms with Gasteiger partial charge in [0.25, 0.3) is 0 Å². The van der Waals surface area contributed by atoms with Gasteiger partial charge < -0.3 is 20.5 Å². The van der Waals surface area contributed by atoms with Crippen LogP contribution in [0.4, 0.5) is 4.79 Å². The Bertz CT molecular complexity index is 360. The van der Waals surface area contributed by atoms with E-state index in [-0.39, 0.29) is 5.54 Å². The lowest BCUT2D eigenvalue weighted by Crippen LogP contribution is -2.58. The third kappa shape index (κ3) is 4.11. The highest BCUT2D eigenvalue weighted by atomic mass is 16.5. The minimum absolute atomic E-state index is 0.224. The van der Waals surface area contributed by atoms with E-state index in [2.05, 4.69) is 15.4 Å². The van der Waals surface area contributed by atoms with Crippen molar-refractivity contribution in [2.45, 2.75) is 50.6 Å². The van der Waals surface area contributed by atoms with Crippen molar-refractivity contribution in [3.8, 4) is 0 Å². The highest BCUT2D eigenvalue weighted by molar-refractivity contribution is 5.86. The highest BCUT2D eigenvalue weighted by Crippen LogP contribution is 2.34. The molecule has 0 aliphatic heterocycles. The average molecular weight is 272 g/mol. The molecule has 0 saturated heterocycles. The van der Waals surface area contributed by atoms with Gasteiger partial charge in [0, 0.05) is 5.54 Å². The third-order valence-electron chi connectivity index (χ3n) is 3.57. The summed E-state index contributed by atoms with van der Waals surface area (Å²) in [5, 5.41) is 14.0. The number of carboxylic acid groups (broad SMARTS) is 1. The summed E-state index contributed by atoms with van der Waals surface area (Å²) < 4.78 is 4.39. The van der Waals surface area contributed by atoms with Gasteiger partial charge in [0.1, 0.15) is 6.04 Å². The first-order valence-corrected chi connectivity index (χ1v) is 6.31. The maximum Gasteiger partial charge on any atom is 0.326 e. The number of carboxylic acids is 1. The third-order valence-corrected chi connectivity index (χ3v) is 3.57. The van der Waals surface area contributed by atoms with Gasteiger partial charge in [-0.1, -0.05) is 6.92 Å². The summed E-state index contributed by atoms with van der Waals surface area (Å²) >= 11 is 0. The zero-order chi connectivity index (χ0) is 14.5. The van der Waals surface area contributed by atoms with Crippen LogP contribution in [0, 0.1) is 0 Å². The van der Waals surface area contributed by atoms with Crippen molar-refractivity contribution >= 4 is 18.0 Å². The Morgan fingerprint density at radius 1 is 1.37 bits per heavy atom. The molecule has 1 rings (SSSR count). The fourth-order valence-electron chi connectivity index (χ4n) is 2.06. The highest BCUT2D eigenvalue weighted by Gasteiger charge is 2.37. The molecule has 0 heterocycles. The van der Waals surface area contributed by atoms with E-state index >= 15 is 0 Å². The van der Waals surface area contributed by atoms with E-state index in [4.69, 9.17) is 5.11 Å². The van der Waals surface area contributed by atoms with E-state index in [1.165, 1.54) is 7.11 Å². The molecule has 1 saturated carbocycles. The number of carbonyl (C=O) groups excluding carboxylic acids is 2. The molecule has 0 aromatic carbocycles.